The van der Waals surface area contributed by atoms with Crippen LogP contribution < -0.4 is 20.5 Å². The normalized spacial score (nSPS) is 10.3. The zero-order chi connectivity index (χ0) is 17.6. The zero-order valence-electron chi connectivity index (χ0n) is 13.4. The van der Waals surface area contributed by atoms with Gasteiger partial charge in [0.15, 0.2) is 17.3 Å². The monoisotopic (exact) mass is 357 g/mol. The van der Waals surface area contributed by atoms with Gasteiger partial charge in [0.25, 0.3) is 0 Å². The molecular weight excluding hydrogens is 342 g/mol. The van der Waals surface area contributed by atoms with E-state index in [2.05, 4.69) is 20.3 Å². The van der Waals surface area contributed by atoms with Crippen molar-refractivity contribution in [2.75, 3.05) is 18.2 Å². The van der Waals surface area contributed by atoms with Gasteiger partial charge in [0.05, 0.1) is 7.11 Å². The van der Waals surface area contributed by atoms with Crippen molar-refractivity contribution in [3.05, 3.63) is 59.4 Å². The maximum Gasteiger partial charge on any atom is 0.232 e. The number of nitrogens with two attached hydrogens (primary N) is 1. The quantitative estimate of drug-likeness (QED) is 0.697. The SMILES string of the molecule is COc1ccccc1OCc1nc(N)nc(Nc2ccc(Cl)cc2)n1. The predicted molar refractivity (Wildman–Crippen MR) is 96.3 cm³/mol. The number of methoxy groups -OCH3 is 1. The fraction of sp³-hybridized carbons (Fsp3) is 0.118. The van der Waals surface area contributed by atoms with Crippen molar-refractivity contribution in [3.8, 4) is 11.5 Å². The number of para-hydroxylation sites is 2. The highest BCUT2D eigenvalue weighted by atomic mass is 35.5. The lowest BCUT2D eigenvalue weighted by molar-refractivity contribution is 0.276. The van der Waals surface area contributed by atoms with E-state index in [-0.39, 0.29) is 12.6 Å². The average Bonchev–Trinajstić information content (AvgIpc) is 2.62. The Balaban J connectivity index is 1.74. The number of benzene rings is 2. The number of rotatable bonds is 6. The first-order valence-corrected chi connectivity index (χ1v) is 7.80. The molecule has 3 rings (SSSR count). The van der Waals surface area contributed by atoms with Crippen LogP contribution in [0.15, 0.2) is 48.5 Å². The van der Waals surface area contributed by atoms with Crippen molar-refractivity contribution < 1.29 is 9.47 Å². The summed E-state index contributed by atoms with van der Waals surface area (Å²) in [6, 6.07) is 14.5. The molecule has 128 valence electrons. The lowest BCUT2D eigenvalue weighted by Crippen LogP contribution is -2.09. The fourth-order valence-corrected chi connectivity index (χ4v) is 2.23. The topological polar surface area (TPSA) is 95.2 Å². The van der Waals surface area contributed by atoms with E-state index in [1.807, 2.05) is 30.3 Å². The van der Waals surface area contributed by atoms with Gasteiger partial charge < -0.3 is 20.5 Å². The van der Waals surface area contributed by atoms with Gasteiger partial charge in [-0.25, -0.2) is 0 Å². The van der Waals surface area contributed by atoms with Gasteiger partial charge >= 0.3 is 0 Å². The van der Waals surface area contributed by atoms with Crippen LogP contribution in [-0.4, -0.2) is 22.1 Å². The number of aromatic nitrogens is 3. The molecule has 8 heteroatoms. The van der Waals surface area contributed by atoms with E-state index in [4.69, 9.17) is 26.8 Å². The van der Waals surface area contributed by atoms with E-state index >= 15 is 0 Å². The molecule has 0 unspecified atom stereocenters. The molecular formula is C17H16ClN5O2. The van der Waals surface area contributed by atoms with Crippen molar-refractivity contribution in [3.63, 3.8) is 0 Å². The molecule has 0 saturated carbocycles. The van der Waals surface area contributed by atoms with E-state index in [0.717, 1.165) is 5.69 Å². The van der Waals surface area contributed by atoms with Gasteiger partial charge in [-0.2, -0.15) is 15.0 Å². The molecule has 0 saturated heterocycles. The number of hydrogen-bond donors (Lipinski definition) is 2. The summed E-state index contributed by atoms with van der Waals surface area (Å²) in [7, 11) is 1.58. The maximum atomic E-state index is 5.87. The molecule has 1 aromatic heterocycles. The van der Waals surface area contributed by atoms with Gasteiger partial charge in [0.2, 0.25) is 11.9 Å². The Labute approximate surface area is 149 Å². The number of nitrogens with one attached hydrogen (secondary N) is 1. The molecule has 3 N–H and O–H groups in total. The number of anilines is 3. The zero-order valence-corrected chi connectivity index (χ0v) is 14.2. The Morgan fingerprint density at radius 2 is 1.72 bits per heavy atom. The van der Waals surface area contributed by atoms with Gasteiger partial charge in [-0.3, -0.25) is 0 Å². The molecule has 0 bridgehead atoms. The van der Waals surface area contributed by atoms with Crippen molar-refractivity contribution in [2.24, 2.45) is 0 Å². The van der Waals surface area contributed by atoms with E-state index in [9.17, 15) is 0 Å². The third-order valence-corrected chi connectivity index (χ3v) is 3.48. The lowest BCUT2D eigenvalue weighted by Gasteiger charge is -2.11. The lowest BCUT2D eigenvalue weighted by atomic mass is 10.3. The molecule has 0 aliphatic heterocycles. The van der Waals surface area contributed by atoms with Crippen molar-refractivity contribution in [1.29, 1.82) is 0 Å². The van der Waals surface area contributed by atoms with E-state index in [0.29, 0.717) is 28.3 Å². The minimum atomic E-state index is 0.102. The van der Waals surface area contributed by atoms with Crippen molar-refractivity contribution >= 4 is 29.2 Å². The smallest absolute Gasteiger partial charge is 0.232 e. The van der Waals surface area contributed by atoms with Crippen LogP contribution in [0.4, 0.5) is 17.6 Å². The second-order valence-electron chi connectivity index (χ2n) is 5.00. The Bertz CT molecular complexity index is 858. The van der Waals surface area contributed by atoms with Crippen LogP contribution in [0.1, 0.15) is 5.82 Å². The van der Waals surface area contributed by atoms with Gasteiger partial charge in [-0.1, -0.05) is 23.7 Å². The van der Waals surface area contributed by atoms with E-state index in [1.54, 1.807) is 25.3 Å². The largest absolute Gasteiger partial charge is 0.493 e. The first kappa shape index (κ1) is 16.8. The molecule has 0 spiro atoms. The molecule has 0 aliphatic rings. The second kappa shape index (κ2) is 7.67. The summed E-state index contributed by atoms with van der Waals surface area (Å²) < 4.78 is 11.0. The third-order valence-electron chi connectivity index (χ3n) is 3.23. The van der Waals surface area contributed by atoms with Crippen LogP contribution in [-0.2, 0) is 6.61 Å². The maximum absolute atomic E-state index is 5.87. The first-order chi connectivity index (χ1) is 12.1. The molecule has 0 fully saturated rings. The summed E-state index contributed by atoms with van der Waals surface area (Å²) in [5, 5.41) is 3.70. The molecule has 1 heterocycles. The number of nitrogens with zero attached hydrogens (tertiary/aromatic N) is 3. The van der Waals surface area contributed by atoms with Crippen LogP contribution in [0.25, 0.3) is 0 Å². The third kappa shape index (κ3) is 4.48. The van der Waals surface area contributed by atoms with Gasteiger partial charge in [0.1, 0.15) is 6.61 Å². The van der Waals surface area contributed by atoms with Crippen LogP contribution in [0.5, 0.6) is 11.5 Å². The Hall–Kier alpha value is -3.06. The number of nitrogen functional groups attached to an aromatic ring is 1. The van der Waals surface area contributed by atoms with E-state index < -0.39 is 0 Å². The number of ether oxygens (including phenoxy) is 2. The van der Waals surface area contributed by atoms with E-state index in [1.165, 1.54) is 0 Å². The highest BCUT2D eigenvalue weighted by molar-refractivity contribution is 6.30. The molecule has 3 aromatic rings. The van der Waals surface area contributed by atoms with Crippen LogP contribution in [0.3, 0.4) is 0 Å². The Morgan fingerprint density at radius 1 is 1.00 bits per heavy atom. The fourth-order valence-electron chi connectivity index (χ4n) is 2.10. The number of hydrogen-bond acceptors (Lipinski definition) is 7. The second-order valence-corrected chi connectivity index (χ2v) is 5.44. The molecule has 0 aliphatic carbocycles. The summed E-state index contributed by atoms with van der Waals surface area (Å²) >= 11 is 5.87. The summed E-state index contributed by atoms with van der Waals surface area (Å²) in [5.74, 6) is 2.05. The summed E-state index contributed by atoms with van der Waals surface area (Å²) in [6.07, 6.45) is 0. The standard InChI is InChI=1S/C17H16ClN5O2/c1-24-13-4-2-3-5-14(13)25-10-15-21-16(19)23-17(22-15)20-12-8-6-11(18)7-9-12/h2-9H,10H2,1H3,(H3,19,20,21,22,23). The minimum absolute atomic E-state index is 0.102. The Morgan fingerprint density at radius 3 is 2.44 bits per heavy atom. The highest BCUT2D eigenvalue weighted by Crippen LogP contribution is 2.26. The molecule has 2 aromatic carbocycles. The number of halogens is 1. The molecule has 0 amide bonds. The van der Waals surface area contributed by atoms with Crippen LogP contribution >= 0.6 is 11.6 Å². The summed E-state index contributed by atoms with van der Waals surface area (Å²) in [4.78, 5) is 12.5. The average molecular weight is 358 g/mol. The Kier molecular flexibility index (Phi) is 5.15. The van der Waals surface area contributed by atoms with Crippen molar-refractivity contribution in [1.82, 2.24) is 15.0 Å². The summed E-state index contributed by atoms with van der Waals surface area (Å²) in [6.45, 7) is 0.127. The highest BCUT2D eigenvalue weighted by Gasteiger charge is 2.08. The van der Waals surface area contributed by atoms with Gasteiger partial charge in [-0.15, -0.1) is 0 Å². The minimum Gasteiger partial charge on any atom is -0.493 e. The van der Waals surface area contributed by atoms with Crippen molar-refractivity contribution in [2.45, 2.75) is 6.61 Å². The van der Waals surface area contributed by atoms with Crippen LogP contribution in [0, 0.1) is 0 Å². The summed E-state index contributed by atoms with van der Waals surface area (Å²) in [5.41, 5.74) is 6.54. The first-order valence-electron chi connectivity index (χ1n) is 7.43. The molecule has 25 heavy (non-hydrogen) atoms. The predicted octanol–water partition coefficient (Wildman–Crippen LogP) is 3.44. The van der Waals surface area contributed by atoms with Gasteiger partial charge in [0, 0.05) is 10.7 Å². The van der Waals surface area contributed by atoms with Gasteiger partial charge in [-0.05, 0) is 36.4 Å². The molecule has 0 atom stereocenters. The van der Waals surface area contributed by atoms with Crippen LogP contribution in [0.2, 0.25) is 5.02 Å². The molecule has 7 nitrogen and oxygen atoms in total. The molecule has 0 radical (unpaired) electrons.